The highest BCUT2D eigenvalue weighted by atomic mass is 32.1. The highest BCUT2D eigenvalue weighted by molar-refractivity contribution is 7.14. The van der Waals surface area contributed by atoms with Gasteiger partial charge in [-0.1, -0.05) is 11.8 Å². The Kier molecular flexibility index (Phi) is 4.56. The summed E-state index contributed by atoms with van der Waals surface area (Å²) in [5.41, 5.74) is 0.968. The van der Waals surface area contributed by atoms with Gasteiger partial charge in [-0.3, -0.25) is 9.48 Å². The molecule has 20 heavy (non-hydrogen) atoms. The molecule has 0 aliphatic heterocycles. The summed E-state index contributed by atoms with van der Waals surface area (Å²) in [5.74, 6) is 6.31. The van der Waals surface area contributed by atoms with Crippen molar-refractivity contribution in [2.75, 3.05) is 11.9 Å². The van der Waals surface area contributed by atoms with Crippen LogP contribution in [0.1, 0.15) is 26.5 Å². The number of carbonyl (C=O) groups is 1. The molecule has 0 spiro atoms. The molecule has 0 aliphatic carbocycles. The first kappa shape index (κ1) is 14.3. The molecule has 2 aromatic heterocycles. The summed E-state index contributed by atoms with van der Waals surface area (Å²) in [6.45, 7) is 1.96. The second-order valence-corrected chi connectivity index (χ2v) is 5.24. The summed E-state index contributed by atoms with van der Waals surface area (Å²) in [4.78, 5) is 13.6. The smallest absolute Gasteiger partial charge is 0.266 e. The zero-order valence-corrected chi connectivity index (χ0v) is 12.1. The number of nitrogens with zero attached hydrogens (tertiary/aromatic N) is 2. The topological polar surface area (TPSA) is 67.2 Å². The Morgan fingerprint density at radius 3 is 3.05 bits per heavy atom. The van der Waals surface area contributed by atoms with Crippen molar-refractivity contribution in [3.8, 4) is 11.8 Å². The van der Waals surface area contributed by atoms with Crippen molar-refractivity contribution in [3.63, 3.8) is 0 Å². The predicted octanol–water partition coefficient (Wildman–Crippen LogP) is 1.78. The lowest BCUT2D eigenvalue weighted by Crippen LogP contribution is -2.13. The molecule has 2 N–H and O–H groups in total. The van der Waals surface area contributed by atoms with Crippen molar-refractivity contribution in [1.29, 1.82) is 0 Å². The van der Waals surface area contributed by atoms with Crippen molar-refractivity contribution < 1.29 is 9.90 Å². The van der Waals surface area contributed by atoms with Crippen molar-refractivity contribution in [1.82, 2.24) is 9.78 Å². The third-order valence-electron chi connectivity index (χ3n) is 2.64. The first-order valence-electron chi connectivity index (χ1n) is 6.11. The Labute approximate surface area is 121 Å². The minimum atomic E-state index is -0.170. The Morgan fingerprint density at radius 2 is 2.40 bits per heavy atom. The lowest BCUT2D eigenvalue weighted by molar-refractivity contribution is 0.102. The van der Waals surface area contributed by atoms with Crippen molar-refractivity contribution >= 4 is 23.1 Å². The van der Waals surface area contributed by atoms with Gasteiger partial charge in [0.05, 0.1) is 22.6 Å². The Morgan fingerprint density at radius 1 is 1.60 bits per heavy atom. The lowest BCUT2D eigenvalue weighted by atomic mass is 10.2. The van der Waals surface area contributed by atoms with E-state index >= 15 is 0 Å². The number of rotatable bonds is 3. The van der Waals surface area contributed by atoms with Crippen LogP contribution in [0.4, 0.5) is 5.82 Å². The second-order valence-electron chi connectivity index (χ2n) is 4.19. The standard InChI is InChI=1S/C14H15N3O2S/c1-10-9-12(20-11(10)5-3-4-8-18)14(19)16-13-6-7-15-17(13)2/h6-7,9,18H,4,8H2,1-2H3,(H,16,19). The number of hydrogen-bond donors (Lipinski definition) is 2. The molecule has 0 aromatic carbocycles. The van der Waals surface area contributed by atoms with Gasteiger partial charge in [0.2, 0.25) is 0 Å². The van der Waals surface area contributed by atoms with Gasteiger partial charge in [0.25, 0.3) is 5.91 Å². The summed E-state index contributed by atoms with van der Waals surface area (Å²) < 4.78 is 1.60. The number of nitrogens with one attached hydrogen (secondary N) is 1. The molecule has 0 fully saturated rings. The number of aliphatic hydroxyl groups is 1. The maximum absolute atomic E-state index is 12.1. The van der Waals surface area contributed by atoms with E-state index in [9.17, 15) is 4.79 Å². The quantitative estimate of drug-likeness (QED) is 0.846. The van der Waals surface area contributed by atoms with Crippen LogP contribution in [0.15, 0.2) is 18.3 Å². The Hall–Kier alpha value is -2.10. The first-order chi connectivity index (χ1) is 9.61. The number of amides is 1. The van der Waals surface area contributed by atoms with Gasteiger partial charge in [0.15, 0.2) is 0 Å². The van der Waals surface area contributed by atoms with Crippen molar-refractivity contribution in [3.05, 3.63) is 33.6 Å². The van der Waals surface area contributed by atoms with Crippen LogP contribution < -0.4 is 5.32 Å². The van der Waals surface area contributed by atoms with E-state index in [1.54, 1.807) is 24.0 Å². The summed E-state index contributed by atoms with van der Waals surface area (Å²) in [7, 11) is 1.76. The van der Waals surface area contributed by atoms with E-state index in [2.05, 4.69) is 22.3 Å². The van der Waals surface area contributed by atoms with Crippen molar-refractivity contribution in [2.45, 2.75) is 13.3 Å². The lowest BCUT2D eigenvalue weighted by Gasteiger charge is -2.02. The molecule has 0 unspecified atom stereocenters. The molecule has 6 heteroatoms. The van der Waals surface area contributed by atoms with E-state index in [4.69, 9.17) is 5.11 Å². The molecule has 104 valence electrons. The summed E-state index contributed by atoms with van der Waals surface area (Å²) >= 11 is 1.35. The van der Waals surface area contributed by atoms with Crippen LogP contribution in [0.2, 0.25) is 0 Å². The number of aryl methyl sites for hydroxylation is 2. The number of thiophene rings is 1. The van der Waals surface area contributed by atoms with E-state index in [0.29, 0.717) is 17.1 Å². The molecular formula is C14H15N3O2S. The highest BCUT2D eigenvalue weighted by Crippen LogP contribution is 2.22. The van der Waals surface area contributed by atoms with Gasteiger partial charge in [0, 0.05) is 19.5 Å². The third-order valence-corrected chi connectivity index (χ3v) is 3.79. The van der Waals surface area contributed by atoms with E-state index in [0.717, 1.165) is 10.4 Å². The van der Waals surface area contributed by atoms with E-state index in [-0.39, 0.29) is 12.5 Å². The van der Waals surface area contributed by atoms with Gasteiger partial charge in [-0.25, -0.2) is 0 Å². The molecule has 2 aromatic rings. The van der Waals surface area contributed by atoms with Gasteiger partial charge in [0.1, 0.15) is 5.82 Å². The fourth-order valence-corrected chi connectivity index (χ4v) is 2.53. The van der Waals surface area contributed by atoms with Gasteiger partial charge < -0.3 is 10.4 Å². The van der Waals surface area contributed by atoms with Crippen LogP contribution in [0.5, 0.6) is 0 Å². The molecule has 0 saturated heterocycles. The number of hydrogen-bond acceptors (Lipinski definition) is 4. The zero-order chi connectivity index (χ0) is 14.5. The molecule has 0 atom stereocenters. The average molecular weight is 289 g/mol. The van der Waals surface area contributed by atoms with Gasteiger partial charge in [-0.15, -0.1) is 11.3 Å². The third kappa shape index (κ3) is 3.26. The maximum Gasteiger partial charge on any atom is 0.266 e. The fourth-order valence-electron chi connectivity index (χ4n) is 1.59. The normalized spacial score (nSPS) is 9.95. The van der Waals surface area contributed by atoms with Gasteiger partial charge >= 0.3 is 0 Å². The zero-order valence-electron chi connectivity index (χ0n) is 11.3. The number of carbonyl (C=O) groups excluding carboxylic acids is 1. The largest absolute Gasteiger partial charge is 0.395 e. The molecule has 0 saturated carbocycles. The molecule has 5 nitrogen and oxygen atoms in total. The highest BCUT2D eigenvalue weighted by Gasteiger charge is 2.13. The van der Waals surface area contributed by atoms with Crippen LogP contribution in [0.3, 0.4) is 0 Å². The van der Waals surface area contributed by atoms with Crippen LogP contribution in [0, 0.1) is 18.8 Å². The average Bonchev–Trinajstić information content (AvgIpc) is 2.98. The predicted molar refractivity (Wildman–Crippen MR) is 78.8 cm³/mol. The summed E-state index contributed by atoms with van der Waals surface area (Å²) in [6, 6.07) is 3.56. The fraction of sp³-hybridized carbons (Fsp3) is 0.286. The summed E-state index contributed by atoms with van der Waals surface area (Å²) in [6.07, 6.45) is 2.06. The van der Waals surface area contributed by atoms with E-state index in [1.165, 1.54) is 11.3 Å². The van der Waals surface area contributed by atoms with Gasteiger partial charge in [-0.05, 0) is 18.6 Å². The van der Waals surface area contributed by atoms with Crippen LogP contribution in [-0.4, -0.2) is 27.4 Å². The Balaban J connectivity index is 2.14. The first-order valence-corrected chi connectivity index (χ1v) is 6.93. The van der Waals surface area contributed by atoms with Crippen LogP contribution in [0.25, 0.3) is 0 Å². The molecule has 0 aliphatic rings. The number of aromatic nitrogens is 2. The van der Waals surface area contributed by atoms with E-state index in [1.807, 2.05) is 13.0 Å². The van der Waals surface area contributed by atoms with E-state index < -0.39 is 0 Å². The second kappa shape index (κ2) is 6.37. The Bertz CT molecular complexity index is 676. The molecular weight excluding hydrogens is 274 g/mol. The SMILES string of the molecule is Cc1cc(C(=O)Nc2ccnn2C)sc1C#CCCO. The van der Waals surface area contributed by atoms with Crippen LogP contribution in [-0.2, 0) is 7.05 Å². The molecule has 2 rings (SSSR count). The molecule has 0 radical (unpaired) electrons. The molecule has 2 heterocycles. The molecule has 0 bridgehead atoms. The number of anilines is 1. The minimum absolute atomic E-state index is 0.0469. The monoisotopic (exact) mass is 289 g/mol. The van der Waals surface area contributed by atoms with Crippen molar-refractivity contribution in [2.24, 2.45) is 7.05 Å². The summed E-state index contributed by atoms with van der Waals surface area (Å²) in [5, 5.41) is 15.5. The van der Waals surface area contributed by atoms with Crippen LogP contribution >= 0.6 is 11.3 Å². The molecule has 1 amide bonds. The van der Waals surface area contributed by atoms with Gasteiger partial charge in [-0.2, -0.15) is 5.10 Å². The maximum atomic E-state index is 12.1. The minimum Gasteiger partial charge on any atom is -0.395 e. The number of aliphatic hydroxyl groups excluding tert-OH is 1.